The van der Waals surface area contributed by atoms with E-state index < -0.39 is 5.41 Å². The van der Waals surface area contributed by atoms with Gasteiger partial charge in [0.2, 0.25) is 0 Å². The fraction of sp³-hybridized carbons (Fsp3) is 0.500. The van der Waals surface area contributed by atoms with Gasteiger partial charge in [-0.25, -0.2) is 0 Å². The third-order valence-electron chi connectivity index (χ3n) is 2.86. The molecule has 0 aliphatic heterocycles. The Morgan fingerprint density at radius 3 is 2.33 bits per heavy atom. The summed E-state index contributed by atoms with van der Waals surface area (Å²) >= 11 is 0. The summed E-state index contributed by atoms with van der Waals surface area (Å²) in [6.07, 6.45) is 0.528. The minimum absolute atomic E-state index is 0.243. The van der Waals surface area contributed by atoms with Crippen molar-refractivity contribution in [2.24, 2.45) is 5.41 Å². The summed E-state index contributed by atoms with van der Waals surface area (Å²) < 4.78 is 15.3. The molecule has 0 aromatic heterocycles. The second-order valence-electron chi connectivity index (χ2n) is 4.73. The van der Waals surface area contributed by atoms with Crippen molar-refractivity contribution in [3.8, 4) is 11.5 Å². The Balaban J connectivity index is 3.05. The third kappa shape index (κ3) is 3.15. The first kappa shape index (κ1) is 14.4. The molecular formula is C14H20O4. The van der Waals surface area contributed by atoms with Crippen LogP contribution in [-0.4, -0.2) is 27.3 Å². The highest BCUT2D eigenvalue weighted by Crippen LogP contribution is 2.31. The molecule has 0 saturated heterocycles. The summed E-state index contributed by atoms with van der Waals surface area (Å²) in [5.74, 6) is 1.24. The van der Waals surface area contributed by atoms with Gasteiger partial charge in [-0.3, -0.25) is 4.79 Å². The molecule has 1 rings (SSSR count). The molecular weight excluding hydrogens is 232 g/mol. The van der Waals surface area contributed by atoms with Gasteiger partial charge in [-0.1, -0.05) is 0 Å². The number of hydrogen-bond acceptors (Lipinski definition) is 4. The van der Waals surface area contributed by atoms with E-state index in [1.165, 1.54) is 7.11 Å². The van der Waals surface area contributed by atoms with Crippen molar-refractivity contribution in [3.05, 3.63) is 23.8 Å². The van der Waals surface area contributed by atoms with Crippen molar-refractivity contribution in [2.75, 3.05) is 21.3 Å². The number of esters is 1. The molecule has 0 heterocycles. The molecule has 0 radical (unpaired) electrons. The first-order valence-electron chi connectivity index (χ1n) is 5.74. The number of benzene rings is 1. The quantitative estimate of drug-likeness (QED) is 0.755. The largest absolute Gasteiger partial charge is 0.497 e. The second-order valence-corrected chi connectivity index (χ2v) is 4.73. The maximum Gasteiger partial charge on any atom is 0.311 e. The summed E-state index contributed by atoms with van der Waals surface area (Å²) in [6.45, 7) is 3.69. The smallest absolute Gasteiger partial charge is 0.311 e. The molecule has 0 saturated carbocycles. The van der Waals surface area contributed by atoms with Gasteiger partial charge >= 0.3 is 5.97 Å². The first-order chi connectivity index (χ1) is 8.44. The van der Waals surface area contributed by atoms with Gasteiger partial charge in [0.05, 0.1) is 26.7 Å². The lowest BCUT2D eigenvalue weighted by molar-refractivity contribution is -0.150. The molecule has 0 amide bonds. The summed E-state index contributed by atoms with van der Waals surface area (Å²) in [5, 5.41) is 0. The van der Waals surface area contributed by atoms with Crippen LogP contribution in [-0.2, 0) is 16.0 Å². The average molecular weight is 252 g/mol. The Morgan fingerprint density at radius 2 is 1.83 bits per heavy atom. The van der Waals surface area contributed by atoms with Crippen LogP contribution in [0.3, 0.4) is 0 Å². The Bertz CT molecular complexity index is 424. The number of methoxy groups -OCH3 is 3. The number of hydrogen-bond donors (Lipinski definition) is 0. The summed E-state index contributed by atoms with van der Waals surface area (Å²) in [4.78, 5) is 11.7. The van der Waals surface area contributed by atoms with Crippen LogP contribution < -0.4 is 9.47 Å². The van der Waals surface area contributed by atoms with E-state index in [1.54, 1.807) is 14.2 Å². The summed E-state index contributed by atoms with van der Waals surface area (Å²) in [6, 6.07) is 5.54. The van der Waals surface area contributed by atoms with Gasteiger partial charge in [-0.2, -0.15) is 0 Å². The van der Waals surface area contributed by atoms with Crippen LogP contribution in [0.1, 0.15) is 19.4 Å². The zero-order valence-corrected chi connectivity index (χ0v) is 11.6. The monoisotopic (exact) mass is 252 g/mol. The highest BCUT2D eigenvalue weighted by molar-refractivity contribution is 5.76. The van der Waals surface area contributed by atoms with Crippen molar-refractivity contribution >= 4 is 5.97 Å². The Kier molecular flexibility index (Phi) is 4.59. The van der Waals surface area contributed by atoms with Gasteiger partial charge in [-0.15, -0.1) is 0 Å². The molecule has 1 aromatic carbocycles. The zero-order valence-electron chi connectivity index (χ0n) is 11.6. The highest BCUT2D eigenvalue weighted by Gasteiger charge is 2.30. The van der Waals surface area contributed by atoms with Crippen molar-refractivity contribution < 1.29 is 19.0 Å². The van der Waals surface area contributed by atoms with E-state index in [9.17, 15) is 4.79 Å². The molecule has 0 unspecified atom stereocenters. The lowest BCUT2D eigenvalue weighted by Gasteiger charge is -2.22. The summed E-state index contributed by atoms with van der Waals surface area (Å²) in [7, 11) is 4.61. The molecule has 0 atom stereocenters. The van der Waals surface area contributed by atoms with Gasteiger partial charge in [0.1, 0.15) is 11.5 Å². The lowest BCUT2D eigenvalue weighted by atomic mass is 9.85. The van der Waals surface area contributed by atoms with Crippen molar-refractivity contribution in [1.82, 2.24) is 0 Å². The van der Waals surface area contributed by atoms with Gasteiger partial charge < -0.3 is 14.2 Å². The van der Waals surface area contributed by atoms with Crippen LogP contribution in [0.5, 0.6) is 11.5 Å². The van der Waals surface area contributed by atoms with Gasteiger partial charge in [0.15, 0.2) is 0 Å². The number of ether oxygens (including phenoxy) is 3. The molecule has 4 nitrogen and oxygen atoms in total. The van der Waals surface area contributed by atoms with Gasteiger partial charge in [-0.05, 0) is 44.0 Å². The number of rotatable bonds is 5. The predicted octanol–water partition coefficient (Wildman–Crippen LogP) is 2.45. The maximum atomic E-state index is 11.7. The van der Waals surface area contributed by atoms with Crippen molar-refractivity contribution in [1.29, 1.82) is 0 Å². The highest BCUT2D eigenvalue weighted by atomic mass is 16.5. The predicted molar refractivity (Wildman–Crippen MR) is 69.0 cm³/mol. The van der Waals surface area contributed by atoms with Crippen molar-refractivity contribution in [3.63, 3.8) is 0 Å². The van der Waals surface area contributed by atoms with Crippen LogP contribution in [0.4, 0.5) is 0 Å². The third-order valence-corrected chi connectivity index (χ3v) is 2.86. The van der Waals surface area contributed by atoms with E-state index in [1.807, 2.05) is 32.0 Å². The molecule has 0 spiro atoms. The minimum atomic E-state index is -0.603. The van der Waals surface area contributed by atoms with Gasteiger partial charge in [0.25, 0.3) is 0 Å². The molecule has 0 aliphatic rings. The van der Waals surface area contributed by atoms with Crippen LogP contribution in [0.2, 0.25) is 0 Å². The lowest BCUT2D eigenvalue weighted by Crippen LogP contribution is -2.28. The van der Waals surface area contributed by atoms with E-state index in [4.69, 9.17) is 14.2 Å². The molecule has 0 fully saturated rings. The van der Waals surface area contributed by atoms with E-state index in [2.05, 4.69) is 0 Å². The normalized spacial score (nSPS) is 10.9. The molecule has 4 heteroatoms. The Morgan fingerprint density at radius 1 is 1.17 bits per heavy atom. The fourth-order valence-corrected chi connectivity index (χ4v) is 1.84. The average Bonchev–Trinajstić information content (AvgIpc) is 2.37. The van der Waals surface area contributed by atoms with Crippen LogP contribution in [0, 0.1) is 5.41 Å². The standard InChI is InChI=1S/C14H20O4/c1-14(2,13(15)18-5)9-10-8-11(16-3)6-7-12(10)17-4/h6-8H,9H2,1-5H3. The van der Waals surface area contributed by atoms with Crippen LogP contribution in [0.15, 0.2) is 18.2 Å². The molecule has 100 valence electrons. The van der Waals surface area contributed by atoms with E-state index in [0.717, 1.165) is 17.1 Å². The van der Waals surface area contributed by atoms with E-state index in [-0.39, 0.29) is 5.97 Å². The fourth-order valence-electron chi connectivity index (χ4n) is 1.84. The second kappa shape index (κ2) is 5.76. The minimum Gasteiger partial charge on any atom is -0.497 e. The van der Waals surface area contributed by atoms with Gasteiger partial charge in [0, 0.05) is 0 Å². The van der Waals surface area contributed by atoms with Crippen LogP contribution in [0.25, 0.3) is 0 Å². The zero-order chi connectivity index (χ0) is 13.8. The Labute approximate surface area is 108 Å². The van der Waals surface area contributed by atoms with Crippen LogP contribution >= 0.6 is 0 Å². The number of carbonyl (C=O) groups excluding carboxylic acids is 1. The van der Waals surface area contributed by atoms with E-state index in [0.29, 0.717) is 6.42 Å². The van der Waals surface area contributed by atoms with E-state index >= 15 is 0 Å². The number of carbonyl (C=O) groups is 1. The molecule has 1 aromatic rings. The molecule has 0 aliphatic carbocycles. The maximum absolute atomic E-state index is 11.7. The molecule has 18 heavy (non-hydrogen) atoms. The Hall–Kier alpha value is -1.71. The molecule has 0 N–H and O–H groups in total. The first-order valence-corrected chi connectivity index (χ1v) is 5.74. The molecule has 0 bridgehead atoms. The SMILES string of the molecule is COC(=O)C(C)(C)Cc1cc(OC)ccc1OC. The topological polar surface area (TPSA) is 44.8 Å². The summed E-state index contributed by atoms with van der Waals surface area (Å²) in [5.41, 5.74) is 0.321. The van der Waals surface area contributed by atoms with Crippen molar-refractivity contribution in [2.45, 2.75) is 20.3 Å².